The molecule has 0 aromatic heterocycles. The highest BCUT2D eigenvalue weighted by molar-refractivity contribution is 5.19. The first-order valence-electron chi connectivity index (χ1n) is 4.79. The monoisotopic (exact) mass is 177 g/mol. The van der Waals surface area contributed by atoms with Crippen molar-refractivity contribution in [1.29, 1.82) is 0 Å². The van der Waals surface area contributed by atoms with E-state index < -0.39 is 0 Å². The minimum Gasteiger partial charge on any atom is -0.364 e. The molecule has 1 fully saturated rings. The number of nitrogens with one attached hydrogen (secondary N) is 1. The van der Waals surface area contributed by atoms with E-state index >= 15 is 0 Å². The third-order valence-corrected chi connectivity index (χ3v) is 2.41. The maximum absolute atomic E-state index is 5.42. The molecule has 2 rings (SSSR count). The molecule has 70 valence electrons. The van der Waals surface area contributed by atoms with Gasteiger partial charge in [0.05, 0.1) is 6.61 Å². The zero-order valence-electron chi connectivity index (χ0n) is 7.86. The van der Waals surface area contributed by atoms with Crippen LogP contribution in [0.5, 0.6) is 0 Å². The zero-order chi connectivity index (χ0) is 9.10. The molecule has 0 amide bonds. The summed E-state index contributed by atoms with van der Waals surface area (Å²) in [5.74, 6) is 0. The molecular formula is C11H15NO. The van der Waals surface area contributed by atoms with Crippen LogP contribution in [-0.4, -0.2) is 12.8 Å². The molecule has 2 nitrogen and oxygen atoms in total. The van der Waals surface area contributed by atoms with Gasteiger partial charge in [0.25, 0.3) is 0 Å². The van der Waals surface area contributed by atoms with E-state index in [0.29, 0.717) is 6.04 Å². The van der Waals surface area contributed by atoms with Crippen LogP contribution in [0.25, 0.3) is 0 Å². The number of hydrogen-bond acceptors (Lipinski definition) is 2. The van der Waals surface area contributed by atoms with Gasteiger partial charge in [-0.25, -0.2) is 0 Å². The Bertz CT molecular complexity index is 260. The normalized spacial score (nSPS) is 28.7. The Hall–Kier alpha value is -0.860. The minimum absolute atomic E-state index is 0.180. The standard InChI is InChI=1S/C11H15NO/c1-9-12-11(7-8-13-9)10-5-3-2-4-6-10/h2-6,9,11-12H,7-8H2,1H3. The number of rotatable bonds is 1. The predicted octanol–water partition coefficient (Wildman–Crippen LogP) is 2.08. The minimum atomic E-state index is 0.180. The molecule has 1 aromatic rings. The van der Waals surface area contributed by atoms with Gasteiger partial charge in [-0.1, -0.05) is 30.3 Å². The summed E-state index contributed by atoms with van der Waals surface area (Å²) in [6.45, 7) is 2.91. The molecule has 2 atom stereocenters. The average Bonchev–Trinajstić information content (AvgIpc) is 2.19. The summed E-state index contributed by atoms with van der Waals surface area (Å²) in [5, 5.41) is 3.41. The molecular weight excluding hydrogens is 162 g/mol. The van der Waals surface area contributed by atoms with E-state index in [4.69, 9.17) is 4.74 Å². The van der Waals surface area contributed by atoms with Crippen molar-refractivity contribution in [3.8, 4) is 0 Å². The van der Waals surface area contributed by atoms with E-state index in [2.05, 4.69) is 36.5 Å². The lowest BCUT2D eigenvalue weighted by atomic mass is 10.0. The summed E-state index contributed by atoms with van der Waals surface area (Å²) in [7, 11) is 0. The highest BCUT2D eigenvalue weighted by atomic mass is 16.5. The van der Waals surface area contributed by atoms with E-state index in [9.17, 15) is 0 Å². The molecule has 0 bridgehead atoms. The first kappa shape index (κ1) is 8.73. The van der Waals surface area contributed by atoms with Crippen molar-refractivity contribution < 1.29 is 4.74 Å². The van der Waals surface area contributed by atoms with Crippen LogP contribution in [0.2, 0.25) is 0 Å². The molecule has 1 aromatic carbocycles. The molecule has 0 saturated carbocycles. The van der Waals surface area contributed by atoms with Gasteiger partial charge in [-0.3, -0.25) is 5.32 Å². The molecule has 1 aliphatic heterocycles. The maximum atomic E-state index is 5.42. The van der Waals surface area contributed by atoms with E-state index in [1.165, 1.54) is 5.56 Å². The van der Waals surface area contributed by atoms with Gasteiger partial charge in [-0.05, 0) is 18.9 Å². The smallest absolute Gasteiger partial charge is 0.105 e. The van der Waals surface area contributed by atoms with E-state index in [-0.39, 0.29) is 6.23 Å². The fourth-order valence-electron chi connectivity index (χ4n) is 1.73. The lowest BCUT2D eigenvalue weighted by Gasteiger charge is -2.29. The predicted molar refractivity (Wildman–Crippen MR) is 52.3 cm³/mol. The SMILES string of the molecule is CC1NC(c2ccccc2)CCO1. The van der Waals surface area contributed by atoms with Gasteiger partial charge in [-0.2, -0.15) is 0 Å². The van der Waals surface area contributed by atoms with Crippen molar-refractivity contribution in [3.63, 3.8) is 0 Å². The first-order chi connectivity index (χ1) is 6.36. The van der Waals surface area contributed by atoms with Crippen molar-refractivity contribution in [2.24, 2.45) is 0 Å². The van der Waals surface area contributed by atoms with E-state index in [0.717, 1.165) is 13.0 Å². The Labute approximate surface area is 78.9 Å². The molecule has 0 aliphatic carbocycles. The topological polar surface area (TPSA) is 21.3 Å². The molecule has 13 heavy (non-hydrogen) atoms. The second-order valence-corrected chi connectivity index (χ2v) is 3.43. The molecule has 2 unspecified atom stereocenters. The van der Waals surface area contributed by atoms with Crippen LogP contribution in [0.15, 0.2) is 30.3 Å². The second-order valence-electron chi connectivity index (χ2n) is 3.43. The molecule has 2 heteroatoms. The Kier molecular flexibility index (Phi) is 2.62. The number of benzene rings is 1. The average molecular weight is 177 g/mol. The second kappa shape index (κ2) is 3.90. The molecule has 1 saturated heterocycles. The van der Waals surface area contributed by atoms with Crippen LogP contribution >= 0.6 is 0 Å². The first-order valence-corrected chi connectivity index (χ1v) is 4.79. The van der Waals surface area contributed by atoms with E-state index in [1.54, 1.807) is 0 Å². The summed E-state index contributed by atoms with van der Waals surface area (Å²) < 4.78 is 5.42. The lowest BCUT2D eigenvalue weighted by Crippen LogP contribution is -2.38. The van der Waals surface area contributed by atoms with Crippen LogP contribution in [-0.2, 0) is 4.74 Å². The van der Waals surface area contributed by atoms with Gasteiger partial charge in [0.1, 0.15) is 6.23 Å². The van der Waals surface area contributed by atoms with Gasteiger partial charge in [-0.15, -0.1) is 0 Å². The summed E-state index contributed by atoms with van der Waals surface area (Å²) in [5.41, 5.74) is 1.36. The number of hydrogen-bond donors (Lipinski definition) is 1. The summed E-state index contributed by atoms with van der Waals surface area (Å²) in [6.07, 6.45) is 1.24. The molecule has 1 aliphatic rings. The van der Waals surface area contributed by atoms with Crippen LogP contribution in [0.4, 0.5) is 0 Å². The van der Waals surface area contributed by atoms with Crippen LogP contribution in [0, 0.1) is 0 Å². The van der Waals surface area contributed by atoms with Gasteiger partial charge in [0.2, 0.25) is 0 Å². The van der Waals surface area contributed by atoms with Crippen molar-refractivity contribution in [3.05, 3.63) is 35.9 Å². The lowest BCUT2D eigenvalue weighted by molar-refractivity contribution is -0.00669. The Morgan fingerprint density at radius 2 is 2.08 bits per heavy atom. The van der Waals surface area contributed by atoms with Gasteiger partial charge in [0.15, 0.2) is 0 Å². The van der Waals surface area contributed by atoms with Crippen LogP contribution in [0.3, 0.4) is 0 Å². The summed E-state index contributed by atoms with van der Waals surface area (Å²) in [6, 6.07) is 11.0. The summed E-state index contributed by atoms with van der Waals surface area (Å²) in [4.78, 5) is 0. The van der Waals surface area contributed by atoms with Crippen LogP contribution < -0.4 is 5.32 Å². The third-order valence-electron chi connectivity index (χ3n) is 2.41. The Morgan fingerprint density at radius 1 is 1.31 bits per heavy atom. The largest absolute Gasteiger partial charge is 0.364 e. The third kappa shape index (κ3) is 2.08. The van der Waals surface area contributed by atoms with Gasteiger partial charge in [0, 0.05) is 6.04 Å². The van der Waals surface area contributed by atoms with Crippen molar-refractivity contribution >= 4 is 0 Å². The quantitative estimate of drug-likeness (QED) is 0.709. The van der Waals surface area contributed by atoms with Crippen LogP contribution in [0.1, 0.15) is 24.9 Å². The zero-order valence-corrected chi connectivity index (χ0v) is 7.86. The fourth-order valence-corrected chi connectivity index (χ4v) is 1.73. The van der Waals surface area contributed by atoms with Crippen molar-refractivity contribution in [2.45, 2.75) is 25.6 Å². The van der Waals surface area contributed by atoms with Gasteiger partial charge < -0.3 is 4.74 Å². The fraction of sp³-hybridized carbons (Fsp3) is 0.455. The van der Waals surface area contributed by atoms with E-state index in [1.807, 2.05) is 6.07 Å². The molecule has 1 N–H and O–H groups in total. The Morgan fingerprint density at radius 3 is 2.77 bits per heavy atom. The highest BCUT2D eigenvalue weighted by Gasteiger charge is 2.18. The Balaban J connectivity index is 2.08. The highest BCUT2D eigenvalue weighted by Crippen LogP contribution is 2.20. The van der Waals surface area contributed by atoms with Gasteiger partial charge >= 0.3 is 0 Å². The maximum Gasteiger partial charge on any atom is 0.105 e. The summed E-state index contributed by atoms with van der Waals surface area (Å²) >= 11 is 0. The number of ether oxygens (including phenoxy) is 1. The molecule has 0 radical (unpaired) electrons. The molecule has 1 heterocycles. The van der Waals surface area contributed by atoms with Crippen molar-refractivity contribution in [1.82, 2.24) is 5.32 Å². The molecule has 0 spiro atoms. The van der Waals surface area contributed by atoms with Crippen molar-refractivity contribution in [2.75, 3.05) is 6.61 Å².